The summed E-state index contributed by atoms with van der Waals surface area (Å²) in [4.78, 5) is 18.7. The number of thiazole rings is 1. The molecule has 7 nitrogen and oxygen atoms in total. The summed E-state index contributed by atoms with van der Waals surface area (Å²) in [6, 6.07) is 8.88. The monoisotopic (exact) mass is 439 g/mol. The number of aliphatic imine (C=N–C) groups is 1. The van der Waals surface area contributed by atoms with Gasteiger partial charge < -0.3 is 20.4 Å². The molecule has 5 rings (SSSR count). The van der Waals surface area contributed by atoms with Crippen LogP contribution in [-0.4, -0.2) is 79.6 Å². The highest BCUT2D eigenvalue weighted by Crippen LogP contribution is 2.30. The summed E-state index contributed by atoms with van der Waals surface area (Å²) >= 11 is 1.69. The molecule has 2 N–H and O–H groups in total. The van der Waals surface area contributed by atoms with Gasteiger partial charge in [-0.3, -0.25) is 4.90 Å². The van der Waals surface area contributed by atoms with Crippen LogP contribution in [0.25, 0.3) is 0 Å². The van der Waals surface area contributed by atoms with E-state index in [-0.39, 0.29) is 0 Å². The Labute approximate surface area is 189 Å². The van der Waals surface area contributed by atoms with Gasteiger partial charge in [0.05, 0.1) is 6.54 Å². The molecule has 1 saturated carbocycles. The first-order valence-electron chi connectivity index (χ1n) is 11.5. The van der Waals surface area contributed by atoms with Crippen molar-refractivity contribution in [3.05, 3.63) is 41.4 Å². The number of benzene rings is 1. The third-order valence-electron chi connectivity index (χ3n) is 6.60. The van der Waals surface area contributed by atoms with Crippen molar-refractivity contribution in [1.29, 1.82) is 0 Å². The molecule has 166 valence electrons. The van der Waals surface area contributed by atoms with Crippen molar-refractivity contribution in [1.82, 2.24) is 14.8 Å². The second-order valence-electron chi connectivity index (χ2n) is 8.86. The number of rotatable bonds is 6. The van der Waals surface area contributed by atoms with Crippen LogP contribution < -0.4 is 15.5 Å². The zero-order valence-corrected chi connectivity index (χ0v) is 19.0. The first-order chi connectivity index (χ1) is 15.2. The smallest absolute Gasteiger partial charge is 0.191 e. The molecular weight excluding hydrogens is 406 g/mol. The molecule has 1 aromatic heterocycles. The lowest BCUT2D eigenvalue weighted by Crippen LogP contribution is -2.51. The van der Waals surface area contributed by atoms with E-state index in [4.69, 9.17) is 5.73 Å². The Morgan fingerprint density at radius 1 is 0.968 bits per heavy atom. The number of hydrogen-bond acceptors (Lipinski definition) is 6. The largest absolute Gasteiger partial charge is 0.370 e. The minimum absolute atomic E-state index is 0.633. The van der Waals surface area contributed by atoms with Crippen LogP contribution in [0.15, 0.2) is 40.8 Å². The molecule has 0 unspecified atom stereocenters. The number of anilines is 2. The van der Waals surface area contributed by atoms with E-state index in [1.54, 1.807) is 11.3 Å². The molecule has 2 saturated heterocycles. The van der Waals surface area contributed by atoms with Gasteiger partial charge in [-0.15, -0.1) is 11.3 Å². The Balaban J connectivity index is 1.08. The van der Waals surface area contributed by atoms with E-state index in [1.165, 1.54) is 43.7 Å². The lowest BCUT2D eigenvalue weighted by atomic mass is 10.1. The van der Waals surface area contributed by atoms with Gasteiger partial charge >= 0.3 is 0 Å². The summed E-state index contributed by atoms with van der Waals surface area (Å²) in [6.07, 6.45) is 4.75. The van der Waals surface area contributed by atoms with Crippen molar-refractivity contribution in [2.75, 3.05) is 68.7 Å². The van der Waals surface area contributed by atoms with Crippen LogP contribution in [0, 0.1) is 5.92 Å². The number of nitrogens with two attached hydrogens (primary N) is 1. The summed E-state index contributed by atoms with van der Waals surface area (Å²) in [5.41, 5.74) is 8.82. The fourth-order valence-corrected chi connectivity index (χ4v) is 5.13. The van der Waals surface area contributed by atoms with Crippen LogP contribution in [-0.2, 0) is 6.54 Å². The van der Waals surface area contributed by atoms with Crippen LogP contribution >= 0.6 is 11.3 Å². The van der Waals surface area contributed by atoms with Crippen LogP contribution in [0.2, 0.25) is 0 Å². The third kappa shape index (κ3) is 5.30. The fourth-order valence-electron chi connectivity index (χ4n) is 4.44. The van der Waals surface area contributed by atoms with Crippen molar-refractivity contribution >= 4 is 28.1 Å². The topological polar surface area (TPSA) is 64.2 Å². The van der Waals surface area contributed by atoms with Gasteiger partial charge in [0.15, 0.2) is 11.1 Å². The van der Waals surface area contributed by atoms with Crippen molar-refractivity contribution in [3.8, 4) is 0 Å². The van der Waals surface area contributed by atoms with Crippen molar-refractivity contribution in [2.45, 2.75) is 19.4 Å². The Morgan fingerprint density at radius 3 is 2.32 bits per heavy atom. The Bertz CT molecular complexity index is 847. The standard InChI is InChI=1S/C23H33N7S/c24-22(29-12-14-30(15-13-29)23-25-7-16-31-23)26-17-19-3-5-21(6-4-19)28-10-8-27(9-11-28)18-20-1-2-20/h3-7,16,20H,1-2,8-15,17-18H2,(H2,24,26). The minimum Gasteiger partial charge on any atom is -0.370 e. The SMILES string of the molecule is NC(=NCc1ccc(N2CCN(CC3CC3)CC2)cc1)N1CCN(c2nccs2)CC1. The Kier molecular flexibility index (Phi) is 6.27. The molecule has 0 atom stereocenters. The molecule has 3 fully saturated rings. The highest BCUT2D eigenvalue weighted by Gasteiger charge is 2.26. The Morgan fingerprint density at radius 2 is 1.68 bits per heavy atom. The summed E-state index contributed by atoms with van der Waals surface area (Å²) in [5.74, 6) is 1.63. The quantitative estimate of drug-likeness (QED) is 0.551. The van der Waals surface area contributed by atoms with Gasteiger partial charge in [-0.2, -0.15) is 0 Å². The van der Waals surface area contributed by atoms with Crippen molar-refractivity contribution in [2.24, 2.45) is 16.6 Å². The number of guanidine groups is 1. The molecule has 3 aliphatic rings. The molecule has 1 aromatic carbocycles. The van der Waals surface area contributed by atoms with Gasteiger partial charge in [0.2, 0.25) is 0 Å². The molecule has 0 spiro atoms. The number of piperazine rings is 2. The molecule has 2 aromatic rings. The summed E-state index contributed by atoms with van der Waals surface area (Å²) in [7, 11) is 0. The first-order valence-corrected chi connectivity index (χ1v) is 12.4. The zero-order valence-electron chi connectivity index (χ0n) is 18.2. The maximum Gasteiger partial charge on any atom is 0.191 e. The van der Waals surface area contributed by atoms with E-state index >= 15 is 0 Å². The average molecular weight is 440 g/mol. The van der Waals surface area contributed by atoms with E-state index < -0.39 is 0 Å². The molecule has 8 heteroatoms. The summed E-state index contributed by atoms with van der Waals surface area (Å²) < 4.78 is 0. The van der Waals surface area contributed by atoms with Gasteiger partial charge in [0.25, 0.3) is 0 Å². The van der Waals surface area contributed by atoms with Gasteiger partial charge in [0.1, 0.15) is 0 Å². The van der Waals surface area contributed by atoms with Crippen LogP contribution in [0.5, 0.6) is 0 Å². The second-order valence-corrected chi connectivity index (χ2v) is 9.73. The molecule has 1 aliphatic carbocycles. The van der Waals surface area contributed by atoms with Crippen LogP contribution in [0.3, 0.4) is 0 Å². The number of hydrogen-bond donors (Lipinski definition) is 1. The van der Waals surface area contributed by atoms with Crippen LogP contribution in [0.4, 0.5) is 10.8 Å². The predicted octanol–water partition coefficient (Wildman–Crippen LogP) is 2.31. The molecule has 0 radical (unpaired) electrons. The third-order valence-corrected chi connectivity index (χ3v) is 7.44. The fraction of sp³-hybridized carbons (Fsp3) is 0.565. The average Bonchev–Trinajstić information content (AvgIpc) is 3.46. The van der Waals surface area contributed by atoms with E-state index in [1.807, 2.05) is 11.6 Å². The first kappa shape index (κ1) is 20.6. The maximum absolute atomic E-state index is 6.29. The van der Waals surface area contributed by atoms with Crippen LogP contribution in [0.1, 0.15) is 18.4 Å². The highest BCUT2D eigenvalue weighted by molar-refractivity contribution is 7.13. The minimum atomic E-state index is 0.633. The van der Waals surface area contributed by atoms with E-state index in [0.29, 0.717) is 12.5 Å². The van der Waals surface area contributed by atoms with E-state index in [2.05, 4.69) is 53.8 Å². The summed E-state index contributed by atoms with van der Waals surface area (Å²) in [5, 5.41) is 3.12. The lowest BCUT2D eigenvalue weighted by molar-refractivity contribution is 0.248. The maximum atomic E-state index is 6.29. The normalized spacial score (nSPS) is 21.0. The highest BCUT2D eigenvalue weighted by atomic mass is 32.1. The molecule has 3 heterocycles. The second kappa shape index (κ2) is 9.44. The van der Waals surface area contributed by atoms with E-state index in [0.717, 1.165) is 50.3 Å². The van der Waals surface area contributed by atoms with Gasteiger partial charge in [-0.25, -0.2) is 9.98 Å². The summed E-state index contributed by atoms with van der Waals surface area (Å²) in [6.45, 7) is 10.2. The molecular formula is C23H33N7S. The van der Waals surface area contributed by atoms with Gasteiger partial charge in [0, 0.05) is 76.2 Å². The Hall–Kier alpha value is -2.32. The zero-order chi connectivity index (χ0) is 21.0. The van der Waals surface area contributed by atoms with Gasteiger partial charge in [-0.05, 0) is 36.5 Å². The lowest BCUT2D eigenvalue weighted by Gasteiger charge is -2.36. The number of aromatic nitrogens is 1. The molecule has 0 amide bonds. The molecule has 0 bridgehead atoms. The van der Waals surface area contributed by atoms with Gasteiger partial charge in [-0.1, -0.05) is 12.1 Å². The predicted molar refractivity (Wildman–Crippen MR) is 129 cm³/mol. The van der Waals surface area contributed by atoms with E-state index in [9.17, 15) is 0 Å². The molecule has 2 aliphatic heterocycles. The van der Waals surface area contributed by atoms with Crippen molar-refractivity contribution < 1.29 is 0 Å². The van der Waals surface area contributed by atoms with Crippen molar-refractivity contribution in [3.63, 3.8) is 0 Å². The number of nitrogens with zero attached hydrogens (tertiary/aromatic N) is 6. The molecule has 31 heavy (non-hydrogen) atoms.